The average Bonchev–Trinajstić information content (AvgIpc) is 2.70. The molecule has 3 aliphatic rings. The van der Waals surface area contributed by atoms with E-state index in [0.29, 0.717) is 0 Å². The van der Waals surface area contributed by atoms with Crippen molar-refractivity contribution in [1.82, 2.24) is 0 Å². The maximum atomic E-state index is 2.74. The van der Waals surface area contributed by atoms with Gasteiger partial charge in [0.2, 0.25) is 0 Å². The topological polar surface area (TPSA) is 0 Å². The van der Waals surface area contributed by atoms with Gasteiger partial charge < -0.3 is 0 Å². The van der Waals surface area contributed by atoms with Gasteiger partial charge in [0, 0.05) is 0 Å². The van der Waals surface area contributed by atoms with E-state index in [2.05, 4.69) is 6.08 Å². The third kappa shape index (κ3) is 7.48. The number of allylic oxidation sites excluding steroid dienone is 2. The standard InChI is InChI=1S/C25H44/c1-4-10-22(11-5-1)16-19-25(20-17-23-12-6-2-7-13-23)21-18-24-14-8-3-9-15-24/h19,22-24H,1-18,20-21H2. The first kappa shape index (κ1) is 19.5. The zero-order chi connectivity index (χ0) is 17.2. The van der Waals surface area contributed by atoms with E-state index < -0.39 is 0 Å². The lowest BCUT2D eigenvalue weighted by molar-refractivity contribution is 0.326. The van der Waals surface area contributed by atoms with Crippen LogP contribution in [0.4, 0.5) is 0 Å². The van der Waals surface area contributed by atoms with E-state index in [4.69, 9.17) is 0 Å². The van der Waals surface area contributed by atoms with Crippen molar-refractivity contribution in [2.45, 2.75) is 128 Å². The number of hydrogen-bond donors (Lipinski definition) is 0. The van der Waals surface area contributed by atoms with Gasteiger partial charge >= 0.3 is 0 Å². The quantitative estimate of drug-likeness (QED) is 0.387. The predicted octanol–water partition coefficient (Wildman–Crippen LogP) is 8.60. The predicted molar refractivity (Wildman–Crippen MR) is 111 cm³/mol. The molecule has 0 spiro atoms. The molecule has 0 heterocycles. The molecular weight excluding hydrogens is 300 g/mol. The van der Waals surface area contributed by atoms with Gasteiger partial charge in [-0.1, -0.05) is 108 Å². The third-order valence-corrected chi connectivity index (χ3v) is 7.66. The second-order valence-corrected chi connectivity index (χ2v) is 9.69. The van der Waals surface area contributed by atoms with Crippen LogP contribution in [-0.4, -0.2) is 0 Å². The molecule has 3 fully saturated rings. The second-order valence-electron chi connectivity index (χ2n) is 9.69. The molecule has 0 radical (unpaired) electrons. The molecule has 3 saturated carbocycles. The number of rotatable bonds is 8. The van der Waals surface area contributed by atoms with Crippen LogP contribution in [0.25, 0.3) is 0 Å². The molecule has 0 aliphatic heterocycles. The van der Waals surface area contributed by atoms with E-state index in [9.17, 15) is 0 Å². The molecule has 3 rings (SSSR count). The number of hydrogen-bond acceptors (Lipinski definition) is 0. The van der Waals surface area contributed by atoms with Gasteiger partial charge in [-0.25, -0.2) is 0 Å². The summed E-state index contributed by atoms with van der Waals surface area (Å²) in [5.41, 5.74) is 1.86. The molecule has 0 aromatic carbocycles. The van der Waals surface area contributed by atoms with Crippen molar-refractivity contribution in [3.05, 3.63) is 11.6 Å². The van der Waals surface area contributed by atoms with Crippen LogP contribution in [0, 0.1) is 17.8 Å². The minimum atomic E-state index is 1.02. The summed E-state index contributed by atoms with van der Waals surface area (Å²) in [5, 5.41) is 0. The first-order valence-corrected chi connectivity index (χ1v) is 12.1. The summed E-state index contributed by atoms with van der Waals surface area (Å²) in [4.78, 5) is 0. The van der Waals surface area contributed by atoms with Crippen molar-refractivity contribution in [2.24, 2.45) is 17.8 Å². The fourth-order valence-corrected chi connectivity index (χ4v) is 5.82. The zero-order valence-electron chi connectivity index (χ0n) is 17.0. The van der Waals surface area contributed by atoms with Crippen LogP contribution in [0.5, 0.6) is 0 Å². The zero-order valence-corrected chi connectivity index (χ0v) is 17.0. The molecule has 0 atom stereocenters. The molecular formula is C25H44. The fraction of sp³-hybridized carbons (Fsp3) is 0.920. The maximum Gasteiger partial charge on any atom is -0.0318 e. The van der Waals surface area contributed by atoms with Crippen molar-refractivity contribution >= 4 is 0 Å². The Bertz CT molecular complexity index is 337. The average molecular weight is 345 g/mol. The van der Waals surface area contributed by atoms with Crippen LogP contribution in [-0.2, 0) is 0 Å². The molecule has 144 valence electrons. The Morgan fingerprint density at radius 1 is 0.520 bits per heavy atom. The molecule has 0 aromatic heterocycles. The molecule has 3 aliphatic carbocycles. The minimum absolute atomic E-state index is 1.02. The third-order valence-electron chi connectivity index (χ3n) is 7.66. The minimum Gasteiger partial charge on any atom is -0.0851 e. The molecule has 0 aromatic rings. The normalized spacial score (nSPS) is 24.3. The van der Waals surface area contributed by atoms with E-state index in [1.165, 1.54) is 128 Å². The van der Waals surface area contributed by atoms with Crippen LogP contribution < -0.4 is 0 Å². The highest BCUT2D eigenvalue weighted by molar-refractivity contribution is 5.03. The van der Waals surface area contributed by atoms with Gasteiger partial charge in [0.1, 0.15) is 0 Å². The second kappa shape index (κ2) is 11.5. The van der Waals surface area contributed by atoms with Gasteiger partial charge in [-0.15, -0.1) is 0 Å². The summed E-state index contributed by atoms with van der Waals surface area (Å²) in [6, 6.07) is 0. The van der Waals surface area contributed by atoms with E-state index >= 15 is 0 Å². The molecule has 0 N–H and O–H groups in total. The lowest BCUT2D eigenvalue weighted by Crippen LogP contribution is -2.09. The van der Waals surface area contributed by atoms with Gasteiger partial charge in [0.05, 0.1) is 0 Å². The van der Waals surface area contributed by atoms with E-state index in [0.717, 1.165) is 17.8 Å². The van der Waals surface area contributed by atoms with Gasteiger partial charge in [-0.3, -0.25) is 0 Å². The highest BCUT2D eigenvalue weighted by Crippen LogP contribution is 2.33. The van der Waals surface area contributed by atoms with Crippen LogP contribution in [0.15, 0.2) is 11.6 Å². The molecule has 0 unspecified atom stereocenters. The molecule has 0 saturated heterocycles. The Hall–Kier alpha value is -0.260. The van der Waals surface area contributed by atoms with Crippen LogP contribution >= 0.6 is 0 Å². The molecule has 0 amide bonds. The summed E-state index contributed by atoms with van der Waals surface area (Å²) in [6.45, 7) is 0. The van der Waals surface area contributed by atoms with Crippen molar-refractivity contribution in [2.75, 3.05) is 0 Å². The summed E-state index contributed by atoms with van der Waals surface area (Å²) < 4.78 is 0. The van der Waals surface area contributed by atoms with Crippen molar-refractivity contribution in [3.8, 4) is 0 Å². The first-order chi connectivity index (χ1) is 12.4. The monoisotopic (exact) mass is 344 g/mol. The lowest BCUT2D eigenvalue weighted by atomic mass is 9.81. The van der Waals surface area contributed by atoms with E-state index in [1.807, 2.05) is 5.57 Å². The molecule has 0 nitrogen and oxygen atoms in total. The molecule has 0 bridgehead atoms. The van der Waals surface area contributed by atoms with Gasteiger partial charge in [0.25, 0.3) is 0 Å². The highest BCUT2D eigenvalue weighted by Gasteiger charge is 2.17. The van der Waals surface area contributed by atoms with E-state index in [1.54, 1.807) is 0 Å². The Labute approximate surface area is 158 Å². The Kier molecular flexibility index (Phi) is 8.93. The maximum absolute atomic E-state index is 2.74. The van der Waals surface area contributed by atoms with E-state index in [-0.39, 0.29) is 0 Å². The molecule has 0 heteroatoms. The Balaban J connectivity index is 1.46. The van der Waals surface area contributed by atoms with Crippen LogP contribution in [0.2, 0.25) is 0 Å². The van der Waals surface area contributed by atoms with Crippen molar-refractivity contribution in [1.29, 1.82) is 0 Å². The van der Waals surface area contributed by atoms with Crippen molar-refractivity contribution < 1.29 is 0 Å². The van der Waals surface area contributed by atoms with Crippen LogP contribution in [0.1, 0.15) is 128 Å². The summed E-state index contributed by atoms with van der Waals surface area (Å²) in [5.74, 6) is 3.14. The summed E-state index contributed by atoms with van der Waals surface area (Å²) in [6.07, 6.45) is 32.7. The van der Waals surface area contributed by atoms with Gasteiger partial charge in [-0.05, 0) is 49.9 Å². The lowest BCUT2D eigenvalue weighted by Gasteiger charge is -2.25. The smallest absolute Gasteiger partial charge is 0.0318 e. The Morgan fingerprint density at radius 2 is 0.920 bits per heavy atom. The van der Waals surface area contributed by atoms with Crippen LogP contribution in [0.3, 0.4) is 0 Å². The van der Waals surface area contributed by atoms with Gasteiger partial charge in [0.15, 0.2) is 0 Å². The summed E-state index contributed by atoms with van der Waals surface area (Å²) in [7, 11) is 0. The SMILES string of the molecule is C(CC1CCCCC1)=C(CCC1CCCCC1)CCC1CCCCC1. The summed E-state index contributed by atoms with van der Waals surface area (Å²) >= 11 is 0. The first-order valence-electron chi connectivity index (χ1n) is 12.1. The highest BCUT2D eigenvalue weighted by atomic mass is 14.2. The molecule has 25 heavy (non-hydrogen) atoms. The fourth-order valence-electron chi connectivity index (χ4n) is 5.82. The van der Waals surface area contributed by atoms with Gasteiger partial charge in [-0.2, -0.15) is 0 Å². The Morgan fingerprint density at radius 3 is 1.36 bits per heavy atom. The van der Waals surface area contributed by atoms with Crippen molar-refractivity contribution in [3.63, 3.8) is 0 Å². The largest absolute Gasteiger partial charge is 0.0851 e.